The summed E-state index contributed by atoms with van der Waals surface area (Å²) in [5.74, 6) is -1.36. The van der Waals surface area contributed by atoms with E-state index in [9.17, 15) is 30.7 Å². The van der Waals surface area contributed by atoms with Crippen LogP contribution in [0.25, 0.3) is 22.3 Å². The third kappa shape index (κ3) is 8.84. The summed E-state index contributed by atoms with van der Waals surface area (Å²) in [6, 6.07) is 10.5. The zero-order valence-corrected chi connectivity index (χ0v) is 21.1. The molecule has 0 unspecified atom stereocenters. The van der Waals surface area contributed by atoms with Gasteiger partial charge in [0, 0.05) is 16.7 Å². The predicted molar refractivity (Wildman–Crippen MR) is 128 cm³/mol. The van der Waals surface area contributed by atoms with Crippen LogP contribution in [0.1, 0.15) is 51.5 Å². The first-order chi connectivity index (χ1) is 17.3. The van der Waals surface area contributed by atoms with Crippen molar-refractivity contribution in [3.05, 3.63) is 48.0 Å². The van der Waals surface area contributed by atoms with Gasteiger partial charge in [0.1, 0.15) is 17.1 Å². The van der Waals surface area contributed by atoms with Crippen LogP contribution in [0.2, 0.25) is 0 Å². The molecule has 0 spiro atoms. The molecule has 204 valence electrons. The van der Waals surface area contributed by atoms with E-state index in [1.165, 1.54) is 37.3 Å². The molecule has 3 aromatic rings. The molecule has 0 N–H and O–H groups in total. The van der Waals surface area contributed by atoms with Gasteiger partial charge in [0.15, 0.2) is 0 Å². The lowest BCUT2D eigenvalue weighted by Gasteiger charge is -2.23. The van der Waals surface area contributed by atoms with Crippen LogP contribution < -0.4 is 4.74 Å². The van der Waals surface area contributed by atoms with Crippen molar-refractivity contribution in [3.63, 3.8) is 0 Å². The fraction of sp³-hybridized carbons (Fsp3) is 0.462. The highest BCUT2D eigenvalue weighted by atomic mass is 32.2. The largest absolute Gasteiger partial charge is 0.573 e. The maximum Gasteiger partial charge on any atom is 0.573 e. The third-order valence-corrected chi connectivity index (χ3v) is 6.41. The third-order valence-electron chi connectivity index (χ3n) is 5.34. The van der Waals surface area contributed by atoms with Crippen molar-refractivity contribution in [2.75, 3.05) is 5.75 Å². The lowest BCUT2D eigenvalue weighted by atomic mass is 10.0. The normalized spacial score (nSPS) is 12.9. The topological polar surface area (TPSA) is 31.6 Å². The number of alkyl halides is 7. The van der Waals surface area contributed by atoms with Gasteiger partial charge in [-0.1, -0.05) is 32.8 Å². The fourth-order valence-corrected chi connectivity index (χ4v) is 4.45. The molecular weight excluding hydrogens is 525 g/mol. The summed E-state index contributed by atoms with van der Waals surface area (Å²) >= 11 is 0.587. The van der Waals surface area contributed by atoms with Crippen molar-refractivity contribution in [3.8, 4) is 17.1 Å². The summed E-state index contributed by atoms with van der Waals surface area (Å²) < 4.78 is 108. The quantitative estimate of drug-likeness (QED) is 0.120. The number of hydrogen-bond donors (Lipinski definition) is 0. The second kappa shape index (κ2) is 12.0. The van der Waals surface area contributed by atoms with Gasteiger partial charge in [0.25, 0.3) is 0 Å². The minimum atomic E-state index is -4.91. The number of unbranched alkanes of at least 4 members (excludes halogenated alkanes) is 2. The molecule has 37 heavy (non-hydrogen) atoms. The Bertz CT molecular complexity index is 1170. The molecular formula is C26H27F7O3S. The first-order valence-corrected chi connectivity index (χ1v) is 12.8. The Morgan fingerprint density at radius 1 is 0.838 bits per heavy atom. The Morgan fingerprint density at radius 3 is 2.27 bits per heavy atom. The Morgan fingerprint density at radius 2 is 1.59 bits per heavy atom. The number of ether oxygens (including phenoxy) is 2. The first kappa shape index (κ1) is 29.2. The number of rotatable bonds is 13. The van der Waals surface area contributed by atoms with Crippen LogP contribution in [-0.2, 0) is 11.2 Å². The average molecular weight is 553 g/mol. The van der Waals surface area contributed by atoms with Crippen molar-refractivity contribution in [2.24, 2.45) is 0 Å². The van der Waals surface area contributed by atoms with Gasteiger partial charge in [0.2, 0.25) is 0 Å². The van der Waals surface area contributed by atoms with E-state index in [0.29, 0.717) is 29.1 Å². The molecule has 0 saturated heterocycles. The molecule has 0 amide bonds. The number of furan rings is 1. The van der Waals surface area contributed by atoms with Crippen LogP contribution in [0.4, 0.5) is 30.7 Å². The van der Waals surface area contributed by atoms with E-state index < -0.39 is 36.5 Å². The minimum absolute atomic E-state index is 0.0228. The van der Waals surface area contributed by atoms with E-state index in [2.05, 4.69) is 9.47 Å². The van der Waals surface area contributed by atoms with E-state index in [1.54, 1.807) is 12.1 Å². The second-order valence-corrected chi connectivity index (χ2v) is 9.61. The zero-order chi connectivity index (χ0) is 27.3. The Hall–Kier alpha value is -2.40. The molecule has 0 atom stereocenters. The van der Waals surface area contributed by atoms with E-state index in [1.807, 2.05) is 6.92 Å². The molecule has 1 heterocycles. The Labute approximate surface area is 214 Å². The number of hydrogen-bond acceptors (Lipinski definition) is 4. The van der Waals surface area contributed by atoms with E-state index in [4.69, 9.17) is 4.42 Å². The maximum absolute atomic E-state index is 13.9. The molecule has 11 heteroatoms. The van der Waals surface area contributed by atoms with Gasteiger partial charge < -0.3 is 9.15 Å². The van der Waals surface area contributed by atoms with Crippen molar-refractivity contribution >= 4 is 22.7 Å². The molecule has 2 aromatic carbocycles. The van der Waals surface area contributed by atoms with Crippen LogP contribution in [0.5, 0.6) is 5.75 Å². The number of benzene rings is 2. The summed E-state index contributed by atoms with van der Waals surface area (Å²) in [7, 11) is 0. The van der Waals surface area contributed by atoms with Crippen LogP contribution in [0, 0.1) is 0 Å². The van der Waals surface area contributed by atoms with Crippen LogP contribution in [0.15, 0.2) is 51.8 Å². The Kier molecular flexibility index (Phi) is 9.44. The van der Waals surface area contributed by atoms with E-state index >= 15 is 0 Å². The molecule has 0 aliphatic carbocycles. The highest BCUT2D eigenvalue weighted by Gasteiger charge is 2.43. The smallest absolute Gasteiger partial charge is 0.456 e. The standard InChI is InChI=1S/C26H27F7O3S/c1-3-5-6-7-17-8-11-20(23(13-17)35-26(31,32)33)22-14-18-9-10-19(15-21(18)34-22)37-16-25(29,30)36-24(27,28)12-4-2/h8-11,13-15H,3-7,12,16H2,1-2H3. The van der Waals surface area contributed by atoms with Gasteiger partial charge in [0.05, 0.1) is 11.3 Å². The molecule has 0 bridgehead atoms. The molecule has 0 fully saturated rings. The van der Waals surface area contributed by atoms with Crippen molar-refractivity contribution in [1.82, 2.24) is 0 Å². The second-order valence-electron chi connectivity index (χ2n) is 8.56. The molecule has 0 aliphatic rings. The van der Waals surface area contributed by atoms with E-state index in [-0.39, 0.29) is 28.2 Å². The van der Waals surface area contributed by atoms with Gasteiger partial charge in [-0.25, -0.2) is 0 Å². The summed E-state index contributed by atoms with van der Waals surface area (Å²) in [5.41, 5.74) is 1.00. The molecule has 0 radical (unpaired) electrons. The first-order valence-electron chi connectivity index (χ1n) is 11.8. The monoisotopic (exact) mass is 552 g/mol. The fourth-order valence-electron chi connectivity index (χ4n) is 3.71. The molecule has 3 nitrogen and oxygen atoms in total. The summed E-state index contributed by atoms with van der Waals surface area (Å²) in [6.45, 7) is 3.45. The lowest BCUT2D eigenvalue weighted by molar-refractivity contribution is -0.367. The summed E-state index contributed by atoms with van der Waals surface area (Å²) in [5, 5.41) is 0.516. The predicted octanol–water partition coefficient (Wildman–Crippen LogP) is 9.83. The van der Waals surface area contributed by atoms with Gasteiger partial charge >= 0.3 is 18.6 Å². The molecule has 3 rings (SSSR count). The van der Waals surface area contributed by atoms with Gasteiger partial charge in [-0.2, -0.15) is 17.6 Å². The molecule has 1 aromatic heterocycles. The van der Waals surface area contributed by atoms with Crippen molar-refractivity contribution < 1.29 is 44.6 Å². The summed E-state index contributed by atoms with van der Waals surface area (Å²) in [6.07, 6.45) is -10.4. The minimum Gasteiger partial charge on any atom is -0.456 e. The number of thioether (sulfide) groups is 1. The number of halogens is 7. The Balaban J connectivity index is 1.81. The van der Waals surface area contributed by atoms with Crippen molar-refractivity contribution in [2.45, 2.75) is 75.8 Å². The SMILES string of the molecule is CCCCCc1ccc(-c2cc3ccc(SCC(F)(F)OC(F)(F)CCC)cc3o2)c(OC(F)(F)F)c1. The zero-order valence-electron chi connectivity index (χ0n) is 20.3. The van der Waals surface area contributed by atoms with Gasteiger partial charge in [-0.15, -0.1) is 24.9 Å². The van der Waals surface area contributed by atoms with Crippen LogP contribution in [0.3, 0.4) is 0 Å². The highest BCUT2D eigenvalue weighted by Crippen LogP contribution is 2.39. The highest BCUT2D eigenvalue weighted by molar-refractivity contribution is 7.99. The lowest BCUT2D eigenvalue weighted by Crippen LogP contribution is -2.34. The van der Waals surface area contributed by atoms with E-state index in [0.717, 1.165) is 19.3 Å². The summed E-state index contributed by atoms with van der Waals surface area (Å²) in [4.78, 5) is 0.286. The molecule has 0 saturated carbocycles. The maximum atomic E-state index is 13.9. The van der Waals surface area contributed by atoms with Crippen molar-refractivity contribution in [1.29, 1.82) is 0 Å². The average Bonchev–Trinajstić information content (AvgIpc) is 3.19. The number of fused-ring (bicyclic) bond motifs is 1. The number of aryl methyl sites for hydroxylation is 1. The van der Waals surface area contributed by atoms with Crippen LogP contribution >= 0.6 is 11.8 Å². The van der Waals surface area contributed by atoms with Crippen LogP contribution in [-0.4, -0.2) is 24.3 Å². The molecule has 0 aliphatic heterocycles. The van der Waals surface area contributed by atoms with Gasteiger partial charge in [-0.05, 0) is 61.2 Å². The van der Waals surface area contributed by atoms with Gasteiger partial charge in [-0.3, -0.25) is 4.74 Å².